The highest BCUT2D eigenvalue weighted by molar-refractivity contribution is 5.71. The highest BCUT2D eigenvalue weighted by Gasteiger charge is 2.15. The number of hydrogen-bond donors (Lipinski definition) is 0. The van der Waals surface area contributed by atoms with Crippen LogP contribution >= 0.6 is 0 Å². The number of allylic oxidation sites excluding steroid dienone is 2. The summed E-state index contributed by atoms with van der Waals surface area (Å²) in [5.41, 5.74) is 7.17. The zero-order valence-electron chi connectivity index (χ0n) is 22.3. The Bertz CT molecular complexity index is 808. The van der Waals surface area contributed by atoms with Crippen LogP contribution in [0.15, 0.2) is 54.6 Å². The fraction of sp³-hybridized carbons (Fsp3) is 0.588. The average molecular weight is 459 g/mol. The van der Waals surface area contributed by atoms with Gasteiger partial charge in [-0.15, -0.1) is 0 Å². The third-order valence-corrected chi connectivity index (χ3v) is 7.85. The largest absolute Gasteiger partial charge is 0.0804 e. The van der Waals surface area contributed by atoms with E-state index in [4.69, 9.17) is 0 Å². The molecule has 1 aliphatic rings. The van der Waals surface area contributed by atoms with E-state index in [0.29, 0.717) is 0 Å². The molecule has 2 aromatic rings. The van der Waals surface area contributed by atoms with Crippen LogP contribution in [-0.4, -0.2) is 0 Å². The smallest absolute Gasteiger partial charge is 0.0184 e. The molecule has 1 unspecified atom stereocenters. The van der Waals surface area contributed by atoms with Crippen molar-refractivity contribution in [3.05, 3.63) is 65.7 Å². The molecular weight excluding hydrogens is 408 g/mol. The van der Waals surface area contributed by atoms with Gasteiger partial charge in [0.05, 0.1) is 0 Å². The SMILES string of the molecule is CCCCCCCCc1ccc(-c2ccc(C3=CCC(CCCCCCCC)CC3)cc2)cc1. The van der Waals surface area contributed by atoms with Crippen molar-refractivity contribution < 1.29 is 0 Å². The van der Waals surface area contributed by atoms with Crippen LogP contribution in [0.4, 0.5) is 0 Å². The van der Waals surface area contributed by atoms with Crippen LogP contribution in [0.2, 0.25) is 0 Å². The van der Waals surface area contributed by atoms with Gasteiger partial charge in [0.2, 0.25) is 0 Å². The quantitative estimate of drug-likeness (QED) is 0.219. The van der Waals surface area contributed by atoms with Crippen LogP contribution in [0.1, 0.15) is 128 Å². The first-order chi connectivity index (χ1) is 16.8. The molecule has 1 aliphatic carbocycles. The predicted molar refractivity (Wildman–Crippen MR) is 152 cm³/mol. The molecule has 2 aromatic carbocycles. The Morgan fingerprint density at radius 2 is 1.12 bits per heavy atom. The fourth-order valence-electron chi connectivity index (χ4n) is 5.48. The maximum absolute atomic E-state index is 2.54. The van der Waals surface area contributed by atoms with E-state index in [9.17, 15) is 0 Å². The molecule has 0 fully saturated rings. The molecule has 0 heteroatoms. The van der Waals surface area contributed by atoms with Crippen LogP contribution in [0.3, 0.4) is 0 Å². The molecular formula is C34H50. The Morgan fingerprint density at radius 1 is 0.588 bits per heavy atom. The van der Waals surface area contributed by atoms with Gasteiger partial charge < -0.3 is 0 Å². The molecule has 186 valence electrons. The van der Waals surface area contributed by atoms with Crippen molar-refractivity contribution in [2.45, 2.75) is 123 Å². The van der Waals surface area contributed by atoms with Crippen molar-refractivity contribution in [1.29, 1.82) is 0 Å². The first kappa shape index (κ1) is 26.8. The molecule has 0 amide bonds. The van der Waals surface area contributed by atoms with Crippen LogP contribution in [0, 0.1) is 5.92 Å². The molecule has 1 atom stereocenters. The molecule has 0 aromatic heterocycles. The highest BCUT2D eigenvalue weighted by atomic mass is 14.2. The van der Waals surface area contributed by atoms with Crippen LogP contribution in [-0.2, 0) is 6.42 Å². The van der Waals surface area contributed by atoms with Crippen molar-refractivity contribution in [3.8, 4) is 11.1 Å². The van der Waals surface area contributed by atoms with Crippen LogP contribution in [0.25, 0.3) is 16.7 Å². The maximum Gasteiger partial charge on any atom is -0.0184 e. The van der Waals surface area contributed by atoms with E-state index in [1.807, 2.05) is 0 Å². The van der Waals surface area contributed by atoms with Crippen LogP contribution < -0.4 is 0 Å². The summed E-state index contributed by atoms with van der Waals surface area (Å²) < 4.78 is 0. The second-order valence-corrected chi connectivity index (χ2v) is 10.7. The zero-order valence-corrected chi connectivity index (χ0v) is 22.3. The van der Waals surface area contributed by atoms with Gasteiger partial charge in [0.15, 0.2) is 0 Å². The van der Waals surface area contributed by atoms with Crippen molar-refractivity contribution in [1.82, 2.24) is 0 Å². The lowest BCUT2D eigenvalue weighted by atomic mass is 9.83. The molecule has 0 N–H and O–H groups in total. The summed E-state index contributed by atoms with van der Waals surface area (Å²) in [4.78, 5) is 0. The Hall–Kier alpha value is -1.82. The number of unbranched alkanes of at least 4 members (excludes halogenated alkanes) is 10. The molecule has 0 nitrogen and oxygen atoms in total. The molecule has 0 aliphatic heterocycles. The van der Waals surface area contributed by atoms with Gasteiger partial charge in [-0.2, -0.15) is 0 Å². The maximum atomic E-state index is 2.54. The van der Waals surface area contributed by atoms with Gasteiger partial charge >= 0.3 is 0 Å². The number of rotatable bonds is 16. The van der Waals surface area contributed by atoms with E-state index in [1.54, 1.807) is 5.57 Å². The standard InChI is InChI=1S/C34H50/c1-3-5-7-9-11-13-15-29-17-21-31(22-18-29)33-25-27-34(28-26-33)32-23-19-30(20-24-32)16-14-12-10-8-6-4-2/h17-18,21-23,25-28,30H,3-16,19-20,24H2,1-2H3. The van der Waals surface area contributed by atoms with Gasteiger partial charge in [0, 0.05) is 0 Å². The summed E-state index contributed by atoms with van der Waals surface area (Å²) in [6, 6.07) is 18.6. The zero-order chi connectivity index (χ0) is 23.8. The summed E-state index contributed by atoms with van der Waals surface area (Å²) >= 11 is 0. The topological polar surface area (TPSA) is 0 Å². The molecule has 0 radical (unpaired) electrons. The van der Waals surface area contributed by atoms with Crippen LogP contribution in [0.5, 0.6) is 0 Å². The number of hydrogen-bond acceptors (Lipinski definition) is 0. The lowest BCUT2D eigenvalue weighted by Gasteiger charge is -2.22. The van der Waals surface area contributed by atoms with Crippen molar-refractivity contribution >= 4 is 5.57 Å². The van der Waals surface area contributed by atoms with Gasteiger partial charge in [0.1, 0.15) is 0 Å². The summed E-state index contributed by atoms with van der Waals surface area (Å²) in [5.74, 6) is 0.920. The molecule has 0 bridgehead atoms. The van der Waals surface area contributed by atoms with Gasteiger partial charge in [-0.05, 0) is 65.8 Å². The van der Waals surface area contributed by atoms with Gasteiger partial charge in [0.25, 0.3) is 0 Å². The minimum atomic E-state index is 0.920. The third-order valence-electron chi connectivity index (χ3n) is 7.85. The summed E-state index contributed by atoms with van der Waals surface area (Å²) in [6.45, 7) is 4.59. The summed E-state index contributed by atoms with van der Waals surface area (Å²) in [6.07, 6.45) is 25.9. The first-order valence-corrected chi connectivity index (χ1v) is 14.7. The predicted octanol–water partition coefficient (Wildman–Crippen LogP) is 11.2. The summed E-state index contributed by atoms with van der Waals surface area (Å²) in [5, 5.41) is 0. The number of benzene rings is 2. The normalized spacial score (nSPS) is 15.9. The van der Waals surface area contributed by atoms with E-state index in [-0.39, 0.29) is 0 Å². The molecule has 0 saturated heterocycles. The van der Waals surface area contributed by atoms with Crippen molar-refractivity contribution in [2.75, 3.05) is 0 Å². The van der Waals surface area contributed by atoms with E-state index in [1.165, 1.54) is 131 Å². The van der Waals surface area contributed by atoms with E-state index >= 15 is 0 Å². The molecule has 0 spiro atoms. The van der Waals surface area contributed by atoms with E-state index < -0.39 is 0 Å². The molecule has 0 saturated carbocycles. The second kappa shape index (κ2) is 16.0. The highest BCUT2D eigenvalue weighted by Crippen LogP contribution is 2.33. The number of aryl methyl sites for hydroxylation is 1. The van der Waals surface area contributed by atoms with Crippen molar-refractivity contribution in [3.63, 3.8) is 0 Å². The van der Waals surface area contributed by atoms with Gasteiger partial charge in [-0.1, -0.05) is 146 Å². The first-order valence-electron chi connectivity index (χ1n) is 14.7. The Labute approximate surface area is 211 Å². The van der Waals surface area contributed by atoms with E-state index in [0.717, 1.165) is 5.92 Å². The lowest BCUT2D eigenvalue weighted by molar-refractivity contribution is 0.423. The molecule has 3 rings (SSSR count). The summed E-state index contributed by atoms with van der Waals surface area (Å²) in [7, 11) is 0. The lowest BCUT2D eigenvalue weighted by Crippen LogP contribution is -2.05. The van der Waals surface area contributed by atoms with Gasteiger partial charge in [-0.25, -0.2) is 0 Å². The fourth-order valence-corrected chi connectivity index (χ4v) is 5.48. The van der Waals surface area contributed by atoms with E-state index in [2.05, 4.69) is 68.5 Å². The minimum Gasteiger partial charge on any atom is -0.0804 e. The average Bonchev–Trinajstić information content (AvgIpc) is 2.89. The third kappa shape index (κ3) is 9.44. The molecule has 0 heterocycles. The Balaban J connectivity index is 1.41. The van der Waals surface area contributed by atoms with Crippen molar-refractivity contribution in [2.24, 2.45) is 5.92 Å². The molecule has 34 heavy (non-hydrogen) atoms. The Kier molecular flexibility index (Phi) is 12.6. The minimum absolute atomic E-state index is 0.920. The monoisotopic (exact) mass is 458 g/mol. The van der Waals surface area contributed by atoms with Gasteiger partial charge in [-0.3, -0.25) is 0 Å². The Morgan fingerprint density at radius 3 is 1.71 bits per heavy atom. The second-order valence-electron chi connectivity index (χ2n) is 10.7.